The first-order valence-corrected chi connectivity index (χ1v) is 7.52. The van der Waals surface area contributed by atoms with E-state index in [9.17, 15) is 14.4 Å². The maximum absolute atomic E-state index is 12.1. The summed E-state index contributed by atoms with van der Waals surface area (Å²) in [6.45, 7) is 1.25. The van der Waals surface area contributed by atoms with E-state index in [0.717, 1.165) is 19.3 Å². The van der Waals surface area contributed by atoms with Crippen LogP contribution in [-0.2, 0) is 9.59 Å². The number of piperidine rings is 1. The second kappa shape index (κ2) is 6.78. The summed E-state index contributed by atoms with van der Waals surface area (Å²) in [5.74, 6) is -1.13. The summed E-state index contributed by atoms with van der Waals surface area (Å²) in [5.41, 5.74) is 5.18. The molecule has 118 valence electrons. The van der Waals surface area contributed by atoms with Crippen molar-refractivity contribution in [2.24, 2.45) is 17.6 Å². The molecule has 4 N–H and O–H groups in total. The van der Waals surface area contributed by atoms with Crippen LogP contribution < -0.4 is 11.1 Å². The average molecular weight is 297 g/mol. The maximum atomic E-state index is 12.1. The molecule has 0 bridgehead atoms. The summed E-state index contributed by atoms with van der Waals surface area (Å²) in [5, 5.41) is 11.9. The van der Waals surface area contributed by atoms with Crippen LogP contribution in [0.15, 0.2) is 0 Å². The van der Waals surface area contributed by atoms with Gasteiger partial charge >= 0.3 is 12.0 Å². The van der Waals surface area contributed by atoms with E-state index in [1.54, 1.807) is 4.90 Å². The van der Waals surface area contributed by atoms with E-state index >= 15 is 0 Å². The van der Waals surface area contributed by atoms with Crippen LogP contribution >= 0.6 is 0 Å². The van der Waals surface area contributed by atoms with E-state index in [2.05, 4.69) is 5.32 Å². The molecule has 1 aliphatic heterocycles. The molecule has 0 aromatic rings. The molecular formula is C14H23N3O4. The third-order valence-corrected chi connectivity index (χ3v) is 4.50. The Labute approximate surface area is 123 Å². The number of nitrogens with one attached hydrogen (secondary N) is 1. The summed E-state index contributed by atoms with van der Waals surface area (Å²) < 4.78 is 0. The molecule has 2 aliphatic rings. The topological polar surface area (TPSA) is 113 Å². The zero-order valence-electron chi connectivity index (χ0n) is 12.1. The lowest BCUT2D eigenvalue weighted by molar-refractivity contribution is -0.141. The van der Waals surface area contributed by atoms with Gasteiger partial charge in [-0.05, 0) is 38.0 Å². The number of carbonyl (C=O) groups is 3. The Hall–Kier alpha value is -1.79. The van der Waals surface area contributed by atoms with Crippen LogP contribution in [0.1, 0.15) is 38.5 Å². The lowest BCUT2D eigenvalue weighted by atomic mass is 9.93. The van der Waals surface area contributed by atoms with Crippen molar-refractivity contribution in [1.82, 2.24) is 10.2 Å². The molecule has 21 heavy (non-hydrogen) atoms. The van der Waals surface area contributed by atoms with Gasteiger partial charge in [-0.25, -0.2) is 4.79 Å². The van der Waals surface area contributed by atoms with Gasteiger partial charge in [0.15, 0.2) is 0 Å². The second-order valence-electron chi connectivity index (χ2n) is 6.10. The SMILES string of the molecule is NC(=O)CC1CCN(C(=O)NC2CCC(C(=O)O)C2)CC1. The fourth-order valence-corrected chi connectivity index (χ4v) is 3.23. The van der Waals surface area contributed by atoms with E-state index in [-0.39, 0.29) is 29.8 Å². The highest BCUT2D eigenvalue weighted by atomic mass is 16.4. The minimum atomic E-state index is -0.779. The summed E-state index contributed by atoms with van der Waals surface area (Å²) in [4.78, 5) is 35.7. The lowest BCUT2D eigenvalue weighted by Gasteiger charge is -2.32. The molecule has 1 heterocycles. The molecule has 0 spiro atoms. The van der Waals surface area contributed by atoms with Gasteiger partial charge in [-0.2, -0.15) is 0 Å². The van der Waals surface area contributed by atoms with Crippen molar-refractivity contribution < 1.29 is 19.5 Å². The predicted octanol–water partition coefficient (Wildman–Crippen LogP) is 0.537. The molecule has 0 aromatic carbocycles. The first-order chi connectivity index (χ1) is 9.95. The zero-order valence-corrected chi connectivity index (χ0v) is 12.1. The van der Waals surface area contributed by atoms with Crippen LogP contribution in [0.5, 0.6) is 0 Å². The standard InChI is InChI=1S/C14H23N3O4/c15-12(18)7-9-3-5-17(6-4-9)14(21)16-11-2-1-10(8-11)13(19)20/h9-11H,1-8H2,(H2,15,18)(H,16,21)(H,19,20). The van der Waals surface area contributed by atoms with Crippen LogP contribution in [0, 0.1) is 11.8 Å². The summed E-state index contributed by atoms with van der Waals surface area (Å²) in [7, 11) is 0. The third-order valence-electron chi connectivity index (χ3n) is 4.50. The molecule has 2 unspecified atom stereocenters. The van der Waals surface area contributed by atoms with E-state index in [0.29, 0.717) is 32.4 Å². The Morgan fingerprint density at radius 2 is 1.81 bits per heavy atom. The van der Waals surface area contributed by atoms with E-state index in [1.807, 2.05) is 0 Å². The summed E-state index contributed by atoms with van der Waals surface area (Å²) in [6, 6.07) is -0.162. The molecule has 0 aromatic heterocycles. The molecule has 1 saturated heterocycles. The van der Waals surface area contributed by atoms with E-state index < -0.39 is 5.97 Å². The van der Waals surface area contributed by atoms with Gasteiger partial charge in [0, 0.05) is 25.6 Å². The molecule has 1 saturated carbocycles. The van der Waals surface area contributed by atoms with Crippen molar-refractivity contribution in [3.05, 3.63) is 0 Å². The van der Waals surface area contributed by atoms with Crippen molar-refractivity contribution >= 4 is 17.9 Å². The van der Waals surface area contributed by atoms with Gasteiger partial charge in [0.2, 0.25) is 5.91 Å². The molecule has 1 aliphatic carbocycles. The van der Waals surface area contributed by atoms with Crippen LogP contribution in [0.3, 0.4) is 0 Å². The van der Waals surface area contributed by atoms with Gasteiger partial charge in [0.05, 0.1) is 5.92 Å². The van der Waals surface area contributed by atoms with Gasteiger partial charge < -0.3 is 21.1 Å². The number of aliphatic carboxylic acids is 1. The number of hydrogen-bond acceptors (Lipinski definition) is 3. The lowest BCUT2D eigenvalue weighted by Crippen LogP contribution is -2.47. The monoisotopic (exact) mass is 297 g/mol. The molecular weight excluding hydrogens is 274 g/mol. The highest BCUT2D eigenvalue weighted by molar-refractivity contribution is 5.76. The Kier molecular flexibility index (Phi) is 5.03. The Bertz CT molecular complexity index is 418. The number of nitrogens with two attached hydrogens (primary N) is 1. The molecule has 7 heteroatoms. The highest BCUT2D eigenvalue weighted by Crippen LogP contribution is 2.26. The minimum absolute atomic E-state index is 0.0399. The number of carboxylic acids is 1. The van der Waals surface area contributed by atoms with Crippen molar-refractivity contribution in [1.29, 1.82) is 0 Å². The summed E-state index contributed by atoms with van der Waals surface area (Å²) >= 11 is 0. The normalized spacial score (nSPS) is 26.6. The fourth-order valence-electron chi connectivity index (χ4n) is 3.23. The number of amides is 3. The molecule has 3 amide bonds. The highest BCUT2D eigenvalue weighted by Gasteiger charge is 2.32. The molecule has 2 fully saturated rings. The van der Waals surface area contributed by atoms with Crippen molar-refractivity contribution in [2.45, 2.75) is 44.6 Å². The number of rotatable bonds is 4. The number of likely N-dealkylation sites (tertiary alicyclic amines) is 1. The fraction of sp³-hybridized carbons (Fsp3) is 0.786. The molecule has 2 atom stereocenters. The smallest absolute Gasteiger partial charge is 0.317 e. The van der Waals surface area contributed by atoms with E-state index in [1.165, 1.54) is 0 Å². The van der Waals surface area contributed by atoms with E-state index in [4.69, 9.17) is 10.8 Å². The Balaban J connectivity index is 1.73. The molecule has 7 nitrogen and oxygen atoms in total. The van der Waals surface area contributed by atoms with Gasteiger partial charge in [0.25, 0.3) is 0 Å². The van der Waals surface area contributed by atoms with Gasteiger partial charge in [-0.15, -0.1) is 0 Å². The molecule has 0 radical (unpaired) electrons. The number of urea groups is 1. The summed E-state index contributed by atoms with van der Waals surface area (Å²) in [6.07, 6.45) is 3.83. The van der Waals surface area contributed by atoms with Crippen molar-refractivity contribution in [3.8, 4) is 0 Å². The van der Waals surface area contributed by atoms with Crippen LogP contribution in [0.2, 0.25) is 0 Å². The number of primary amides is 1. The minimum Gasteiger partial charge on any atom is -0.481 e. The zero-order chi connectivity index (χ0) is 15.4. The third kappa shape index (κ3) is 4.34. The van der Waals surface area contributed by atoms with Crippen molar-refractivity contribution in [3.63, 3.8) is 0 Å². The number of nitrogens with zero attached hydrogens (tertiary/aromatic N) is 1. The molecule has 2 rings (SSSR count). The first kappa shape index (κ1) is 15.6. The quantitative estimate of drug-likeness (QED) is 0.702. The average Bonchev–Trinajstić information content (AvgIpc) is 2.87. The van der Waals surface area contributed by atoms with Gasteiger partial charge in [-0.3, -0.25) is 9.59 Å². The second-order valence-corrected chi connectivity index (χ2v) is 6.10. The number of hydrogen-bond donors (Lipinski definition) is 3. The van der Waals surface area contributed by atoms with Crippen molar-refractivity contribution in [2.75, 3.05) is 13.1 Å². The van der Waals surface area contributed by atoms with Crippen LogP contribution in [0.25, 0.3) is 0 Å². The number of carbonyl (C=O) groups excluding carboxylic acids is 2. The van der Waals surface area contributed by atoms with Crippen LogP contribution in [0.4, 0.5) is 4.79 Å². The Morgan fingerprint density at radius 3 is 2.33 bits per heavy atom. The largest absolute Gasteiger partial charge is 0.481 e. The predicted molar refractivity (Wildman–Crippen MR) is 75.4 cm³/mol. The first-order valence-electron chi connectivity index (χ1n) is 7.52. The number of carboxylic acid groups (broad SMARTS) is 1. The van der Waals surface area contributed by atoms with Crippen LogP contribution in [-0.4, -0.2) is 47.0 Å². The maximum Gasteiger partial charge on any atom is 0.317 e. The van der Waals surface area contributed by atoms with Gasteiger partial charge in [-0.1, -0.05) is 0 Å². The van der Waals surface area contributed by atoms with Gasteiger partial charge in [0.1, 0.15) is 0 Å². The Morgan fingerprint density at radius 1 is 1.14 bits per heavy atom.